The molecule has 1 atom stereocenters. The van der Waals surface area contributed by atoms with Gasteiger partial charge in [-0.3, -0.25) is 9.59 Å². The van der Waals surface area contributed by atoms with Crippen molar-refractivity contribution in [1.29, 1.82) is 0 Å². The predicted molar refractivity (Wildman–Crippen MR) is 140 cm³/mol. The molecule has 0 aliphatic carbocycles. The number of phenols is 1. The van der Waals surface area contributed by atoms with Gasteiger partial charge in [0.25, 0.3) is 0 Å². The molecule has 0 unspecified atom stereocenters. The van der Waals surface area contributed by atoms with Gasteiger partial charge in [-0.15, -0.1) is 0 Å². The summed E-state index contributed by atoms with van der Waals surface area (Å²) in [6.07, 6.45) is 7.28. The van der Waals surface area contributed by atoms with Gasteiger partial charge in [0, 0.05) is 22.1 Å². The fraction of sp³-hybridized carbons (Fsp3) is 0.333. The van der Waals surface area contributed by atoms with Crippen molar-refractivity contribution in [3.8, 4) is 17.2 Å². The van der Waals surface area contributed by atoms with Crippen LogP contribution in [0.2, 0.25) is 5.02 Å². The van der Waals surface area contributed by atoms with Crippen LogP contribution in [-0.2, 0) is 4.79 Å². The first-order valence-corrected chi connectivity index (χ1v) is 12.9. The van der Waals surface area contributed by atoms with Crippen molar-refractivity contribution >= 4 is 23.4 Å². The summed E-state index contributed by atoms with van der Waals surface area (Å²) in [5, 5.41) is 11.7. The summed E-state index contributed by atoms with van der Waals surface area (Å²) in [4.78, 5) is 25.4. The van der Waals surface area contributed by atoms with E-state index in [-0.39, 0.29) is 35.2 Å². The van der Waals surface area contributed by atoms with Crippen molar-refractivity contribution in [2.45, 2.75) is 57.8 Å². The number of esters is 1. The molecule has 6 heteroatoms. The van der Waals surface area contributed by atoms with Crippen molar-refractivity contribution in [3.05, 3.63) is 87.9 Å². The number of fused-ring (bicyclic) bond motifs is 1. The van der Waals surface area contributed by atoms with Crippen LogP contribution < -0.4 is 9.47 Å². The molecule has 0 aromatic heterocycles. The van der Waals surface area contributed by atoms with Gasteiger partial charge in [0.1, 0.15) is 17.2 Å². The van der Waals surface area contributed by atoms with E-state index in [0.29, 0.717) is 22.8 Å². The minimum absolute atomic E-state index is 0.0666. The van der Waals surface area contributed by atoms with Crippen LogP contribution in [0.1, 0.15) is 84.8 Å². The Morgan fingerprint density at radius 2 is 1.67 bits per heavy atom. The van der Waals surface area contributed by atoms with E-state index in [1.165, 1.54) is 31.7 Å². The van der Waals surface area contributed by atoms with Gasteiger partial charge in [0.2, 0.25) is 0 Å². The third-order valence-electron chi connectivity index (χ3n) is 6.52. The third kappa shape index (κ3) is 6.08. The molecule has 0 saturated heterocycles. The Bertz CT molecular complexity index is 1200. The summed E-state index contributed by atoms with van der Waals surface area (Å²) in [5.74, 6) is -0.292. The fourth-order valence-electron chi connectivity index (χ4n) is 4.54. The summed E-state index contributed by atoms with van der Waals surface area (Å²) in [5.41, 5.74) is 1.84. The second-order valence-corrected chi connectivity index (χ2v) is 9.56. The Kier molecular flexibility index (Phi) is 8.65. The quantitative estimate of drug-likeness (QED) is 0.126. The van der Waals surface area contributed by atoms with Crippen molar-refractivity contribution in [1.82, 2.24) is 0 Å². The van der Waals surface area contributed by atoms with E-state index < -0.39 is 5.92 Å². The van der Waals surface area contributed by atoms with Gasteiger partial charge in [0.05, 0.1) is 18.6 Å². The smallest absolute Gasteiger partial charge is 0.312 e. The lowest BCUT2D eigenvalue weighted by Crippen LogP contribution is -2.22. The van der Waals surface area contributed by atoms with E-state index >= 15 is 0 Å². The number of hydrogen-bond donors (Lipinski definition) is 1. The highest BCUT2D eigenvalue weighted by atomic mass is 35.5. The Labute approximate surface area is 217 Å². The maximum Gasteiger partial charge on any atom is 0.312 e. The molecule has 3 aromatic carbocycles. The molecular weight excluding hydrogens is 476 g/mol. The first-order chi connectivity index (χ1) is 17.5. The van der Waals surface area contributed by atoms with Crippen molar-refractivity contribution in [2.75, 3.05) is 6.61 Å². The first-order valence-electron chi connectivity index (χ1n) is 12.6. The Balaban J connectivity index is 1.51. The normalized spacial score (nSPS) is 14.7. The Morgan fingerprint density at radius 3 is 2.39 bits per heavy atom. The SMILES string of the molecule is CCCCCCCCOc1ccc([C@H]2CC(=O)Oc3ccc(C(=O)c4ccc(Cl)cc4)c(O)c32)cc1. The van der Waals surface area contributed by atoms with Gasteiger partial charge in [-0.2, -0.15) is 0 Å². The number of benzene rings is 3. The summed E-state index contributed by atoms with van der Waals surface area (Å²) < 4.78 is 11.3. The molecule has 188 valence electrons. The molecule has 5 nitrogen and oxygen atoms in total. The third-order valence-corrected chi connectivity index (χ3v) is 6.77. The maximum absolute atomic E-state index is 13.1. The monoisotopic (exact) mass is 506 g/mol. The van der Waals surface area contributed by atoms with Crippen molar-refractivity contribution in [3.63, 3.8) is 0 Å². The van der Waals surface area contributed by atoms with Gasteiger partial charge in [-0.1, -0.05) is 62.8 Å². The zero-order valence-corrected chi connectivity index (χ0v) is 21.2. The molecule has 0 amide bonds. The van der Waals surface area contributed by atoms with Crippen LogP contribution in [0.15, 0.2) is 60.7 Å². The average molecular weight is 507 g/mol. The molecular formula is C30H31ClO5. The van der Waals surface area contributed by atoms with Crippen LogP contribution in [0.25, 0.3) is 0 Å². The lowest BCUT2D eigenvalue weighted by molar-refractivity contribution is -0.135. The molecule has 1 aliphatic rings. The largest absolute Gasteiger partial charge is 0.507 e. The number of unbranched alkanes of at least 4 members (excludes halogenated alkanes) is 5. The molecule has 4 rings (SSSR count). The van der Waals surface area contributed by atoms with E-state index in [0.717, 1.165) is 24.2 Å². The van der Waals surface area contributed by atoms with Gasteiger partial charge in [0.15, 0.2) is 5.78 Å². The van der Waals surface area contributed by atoms with Crippen molar-refractivity contribution in [2.24, 2.45) is 0 Å². The number of ketones is 1. The molecule has 0 spiro atoms. The van der Waals surface area contributed by atoms with Crippen LogP contribution >= 0.6 is 11.6 Å². The lowest BCUT2D eigenvalue weighted by atomic mass is 9.84. The summed E-state index contributed by atoms with van der Waals surface area (Å²) >= 11 is 5.94. The number of ether oxygens (including phenoxy) is 2. The number of carbonyl (C=O) groups excluding carboxylic acids is 2. The lowest BCUT2D eigenvalue weighted by Gasteiger charge is -2.26. The number of phenolic OH excluding ortho intramolecular Hbond substituents is 1. The highest BCUT2D eigenvalue weighted by Gasteiger charge is 2.33. The molecule has 0 fully saturated rings. The first kappa shape index (κ1) is 25.8. The highest BCUT2D eigenvalue weighted by Crippen LogP contribution is 2.45. The second kappa shape index (κ2) is 12.1. The van der Waals surface area contributed by atoms with Gasteiger partial charge in [-0.05, 0) is 60.5 Å². The Hall–Kier alpha value is -3.31. The van der Waals surface area contributed by atoms with Gasteiger partial charge >= 0.3 is 5.97 Å². The van der Waals surface area contributed by atoms with E-state index in [9.17, 15) is 14.7 Å². The molecule has 36 heavy (non-hydrogen) atoms. The zero-order valence-electron chi connectivity index (χ0n) is 20.5. The molecule has 0 bridgehead atoms. The number of rotatable bonds is 11. The van der Waals surface area contributed by atoms with Gasteiger partial charge < -0.3 is 14.6 Å². The topological polar surface area (TPSA) is 72.8 Å². The van der Waals surface area contributed by atoms with Crippen molar-refractivity contribution < 1.29 is 24.2 Å². The number of aromatic hydroxyl groups is 1. The summed E-state index contributed by atoms with van der Waals surface area (Å²) in [6, 6.07) is 17.1. The number of halogens is 1. The van der Waals surface area contributed by atoms with E-state index in [1.807, 2.05) is 24.3 Å². The van der Waals surface area contributed by atoms with E-state index in [4.69, 9.17) is 21.1 Å². The predicted octanol–water partition coefficient (Wildman–Crippen LogP) is 7.46. The fourth-order valence-corrected chi connectivity index (χ4v) is 4.67. The minimum Gasteiger partial charge on any atom is -0.507 e. The zero-order chi connectivity index (χ0) is 25.5. The van der Waals surface area contributed by atoms with Crippen LogP contribution in [0.3, 0.4) is 0 Å². The maximum atomic E-state index is 13.1. The molecule has 0 saturated carbocycles. The summed E-state index contributed by atoms with van der Waals surface area (Å²) in [7, 11) is 0. The second-order valence-electron chi connectivity index (χ2n) is 9.13. The van der Waals surface area contributed by atoms with E-state index in [2.05, 4.69) is 6.92 Å². The molecule has 1 N–H and O–H groups in total. The molecule has 1 aliphatic heterocycles. The Morgan fingerprint density at radius 1 is 0.972 bits per heavy atom. The van der Waals surface area contributed by atoms with E-state index in [1.54, 1.807) is 30.3 Å². The minimum atomic E-state index is -0.438. The summed E-state index contributed by atoms with van der Waals surface area (Å²) in [6.45, 7) is 2.88. The number of carbonyl (C=O) groups is 2. The number of hydrogen-bond acceptors (Lipinski definition) is 5. The van der Waals surface area contributed by atoms with Gasteiger partial charge in [-0.25, -0.2) is 0 Å². The highest BCUT2D eigenvalue weighted by molar-refractivity contribution is 6.30. The van der Waals surface area contributed by atoms with Crippen LogP contribution in [0.4, 0.5) is 0 Å². The standard InChI is InChI=1S/C30H31ClO5/c1-2-3-4-5-6-7-18-35-23-14-10-20(11-15-23)25-19-27(32)36-26-17-16-24(30(34)28(25)26)29(33)21-8-12-22(31)13-9-21/h8-17,25,34H,2-7,18-19H2,1H3/t25-/m1/s1. The molecule has 3 aromatic rings. The molecule has 1 heterocycles. The van der Waals surface area contributed by atoms with Crippen LogP contribution in [0, 0.1) is 0 Å². The average Bonchev–Trinajstić information content (AvgIpc) is 2.88. The van der Waals surface area contributed by atoms with Crippen LogP contribution in [-0.4, -0.2) is 23.5 Å². The van der Waals surface area contributed by atoms with Crippen LogP contribution in [0.5, 0.6) is 17.2 Å². The molecule has 0 radical (unpaired) electrons.